The van der Waals surface area contributed by atoms with Gasteiger partial charge in [-0.15, -0.1) is 0 Å². The largest absolute Gasteiger partial charge is 0.381 e. The van der Waals surface area contributed by atoms with Crippen LogP contribution in [-0.2, 0) is 4.74 Å². The van der Waals surface area contributed by atoms with E-state index >= 15 is 0 Å². The number of methoxy groups -OCH3 is 1. The molecule has 0 amide bonds. The molecular weight excluding hydrogens is 278 g/mol. The zero-order chi connectivity index (χ0) is 15.5. The van der Waals surface area contributed by atoms with Crippen LogP contribution >= 0.6 is 0 Å². The van der Waals surface area contributed by atoms with Crippen LogP contribution in [0.25, 0.3) is 0 Å². The molecule has 3 rings (SSSR count). The third-order valence-electron chi connectivity index (χ3n) is 4.25. The molecule has 1 saturated carbocycles. The normalized spacial score (nSPS) is 21.8. The van der Waals surface area contributed by atoms with Crippen LogP contribution in [0.5, 0.6) is 0 Å². The fraction of sp³-hybridized carbons (Fsp3) is 0.562. The Hall–Kier alpha value is -1.95. The molecule has 1 aliphatic carbocycles. The molecule has 22 heavy (non-hydrogen) atoms. The summed E-state index contributed by atoms with van der Waals surface area (Å²) in [6.07, 6.45) is 4.85. The van der Waals surface area contributed by atoms with Crippen molar-refractivity contribution in [2.24, 2.45) is 0 Å². The van der Waals surface area contributed by atoms with Crippen LogP contribution in [0.3, 0.4) is 0 Å². The van der Waals surface area contributed by atoms with Gasteiger partial charge in [0.2, 0.25) is 5.95 Å². The third kappa shape index (κ3) is 3.44. The van der Waals surface area contributed by atoms with Gasteiger partial charge in [0.15, 0.2) is 5.82 Å². The second kappa shape index (κ2) is 6.44. The van der Waals surface area contributed by atoms with Crippen molar-refractivity contribution >= 4 is 11.8 Å². The molecule has 2 heterocycles. The van der Waals surface area contributed by atoms with Crippen LogP contribution in [0, 0.1) is 13.8 Å². The average molecular weight is 301 g/mol. The summed E-state index contributed by atoms with van der Waals surface area (Å²) in [6, 6.07) is 4.04. The lowest BCUT2D eigenvalue weighted by Gasteiger charge is -2.27. The fourth-order valence-corrected chi connectivity index (χ4v) is 3.05. The maximum atomic E-state index is 5.45. The summed E-state index contributed by atoms with van der Waals surface area (Å²) in [5, 5.41) is 10.3. The standard InChI is InChI=1S/C16H23N5O/c1-10-8-14(12-4-6-13(22-3)7-5-12)18-16(17-10)19-15-9-11(2)20-21-15/h8-9,12-13H,4-7H2,1-3H3,(H2,17,18,19,20,21). The predicted octanol–water partition coefficient (Wildman–Crippen LogP) is 3.23. The molecule has 2 aromatic heterocycles. The van der Waals surface area contributed by atoms with Crippen molar-refractivity contribution in [3.05, 3.63) is 29.2 Å². The van der Waals surface area contributed by atoms with Gasteiger partial charge in [0.05, 0.1) is 6.10 Å². The van der Waals surface area contributed by atoms with Gasteiger partial charge in [0.1, 0.15) is 0 Å². The molecule has 6 nitrogen and oxygen atoms in total. The lowest BCUT2D eigenvalue weighted by molar-refractivity contribution is 0.0655. The maximum Gasteiger partial charge on any atom is 0.228 e. The molecule has 2 aromatic rings. The van der Waals surface area contributed by atoms with Crippen molar-refractivity contribution in [3.63, 3.8) is 0 Å². The van der Waals surface area contributed by atoms with Crippen molar-refractivity contribution in [3.8, 4) is 0 Å². The highest BCUT2D eigenvalue weighted by Gasteiger charge is 2.23. The molecule has 0 atom stereocenters. The van der Waals surface area contributed by atoms with Crippen LogP contribution < -0.4 is 5.32 Å². The van der Waals surface area contributed by atoms with E-state index in [0.29, 0.717) is 18.0 Å². The van der Waals surface area contributed by atoms with Gasteiger partial charge in [-0.25, -0.2) is 9.97 Å². The fourth-order valence-electron chi connectivity index (χ4n) is 3.05. The summed E-state index contributed by atoms with van der Waals surface area (Å²) in [7, 11) is 1.80. The number of rotatable bonds is 4. The van der Waals surface area contributed by atoms with Crippen LogP contribution in [0.15, 0.2) is 12.1 Å². The molecule has 118 valence electrons. The molecule has 0 radical (unpaired) electrons. The number of hydrogen-bond acceptors (Lipinski definition) is 5. The minimum absolute atomic E-state index is 0.406. The number of aromatic nitrogens is 4. The Labute approximate surface area is 130 Å². The van der Waals surface area contributed by atoms with Gasteiger partial charge >= 0.3 is 0 Å². The van der Waals surface area contributed by atoms with Crippen molar-refractivity contribution in [2.75, 3.05) is 12.4 Å². The molecular formula is C16H23N5O. The maximum absolute atomic E-state index is 5.45. The zero-order valence-electron chi connectivity index (χ0n) is 13.4. The summed E-state index contributed by atoms with van der Waals surface area (Å²) < 4.78 is 5.45. The van der Waals surface area contributed by atoms with Crippen LogP contribution in [0.4, 0.5) is 11.8 Å². The van der Waals surface area contributed by atoms with Crippen molar-refractivity contribution in [1.82, 2.24) is 20.2 Å². The molecule has 0 saturated heterocycles. The Kier molecular flexibility index (Phi) is 4.38. The van der Waals surface area contributed by atoms with Gasteiger partial charge < -0.3 is 10.1 Å². The molecule has 0 spiro atoms. The Morgan fingerprint density at radius 3 is 2.55 bits per heavy atom. The molecule has 0 aromatic carbocycles. The van der Waals surface area contributed by atoms with E-state index in [4.69, 9.17) is 9.72 Å². The molecule has 0 bridgehead atoms. The van der Waals surface area contributed by atoms with E-state index < -0.39 is 0 Å². The highest BCUT2D eigenvalue weighted by atomic mass is 16.5. The monoisotopic (exact) mass is 301 g/mol. The second-order valence-corrected chi connectivity index (χ2v) is 6.03. The van der Waals surface area contributed by atoms with E-state index in [1.807, 2.05) is 19.9 Å². The number of aromatic amines is 1. The molecule has 6 heteroatoms. The molecule has 1 fully saturated rings. The Morgan fingerprint density at radius 2 is 1.91 bits per heavy atom. The van der Waals surface area contributed by atoms with Gasteiger partial charge in [-0.1, -0.05) is 0 Å². The number of nitrogens with one attached hydrogen (secondary N) is 2. The Bertz CT molecular complexity index is 631. The number of aryl methyl sites for hydroxylation is 2. The molecule has 1 aliphatic rings. The summed E-state index contributed by atoms with van der Waals surface area (Å²) >= 11 is 0. The minimum Gasteiger partial charge on any atom is -0.381 e. The molecule has 0 aliphatic heterocycles. The number of nitrogens with zero attached hydrogens (tertiary/aromatic N) is 3. The Balaban J connectivity index is 1.75. The van der Waals surface area contributed by atoms with Crippen molar-refractivity contribution in [2.45, 2.75) is 51.6 Å². The number of anilines is 2. The van der Waals surface area contributed by atoms with Gasteiger partial charge in [0.25, 0.3) is 0 Å². The zero-order valence-corrected chi connectivity index (χ0v) is 13.4. The smallest absolute Gasteiger partial charge is 0.228 e. The van der Waals surface area contributed by atoms with E-state index in [1.54, 1.807) is 7.11 Å². The predicted molar refractivity (Wildman–Crippen MR) is 85.4 cm³/mol. The number of hydrogen-bond donors (Lipinski definition) is 2. The van der Waals surface area contributed by atoms with E-state index in [2.05, 4.69) is 26.6 Å². The topological polar surface area (TPSA) is 75.7 Å². The van der Waals surface area contributed by atoms with E-state index in [1.165, 1.54) is 0 Å². The number of H-pyrrole nitrogens is 1. The highest BCUT2D eigenvalue weighted by molar-refractivity contribution is 5.48. The quantitative estimate of drug-likeness (QED) is 0.906. The lowest BCUT2D eigenvalue weighted by Crippen LogP contribution is -2.20. The van der Waals surface area contributed by atoms with Crippen molar-refractivity contribution in [1.29, 1.82) is 0 Å². The SMILES string of the molecule is COC1CCC(c2cc(C)nc(Nc3cc(C)[nH]n3)n2)CC1. The Morgan fingerprint density at radius 1 is 1.14 bits per heavy atom. The van der Waals surface area contributed by atoms with Gasteiger partial charge in [-0.2, -0.15) is 5.10 Å². The van der Waals surface area contributed by atoms with Crippen LogP contribution in [0.2, 0.25) is 0 Å². The second-order valence-electron chi connectivity index (χ2n) is 6.03. The van der Waals surface area contributed by atoms with E-state index in [9.17, 15) is 0 Å². The number of ether oxygens (including phenoxy) is 1. The molecule has 0 unspecified atom stereocenters. The summed E-state index contributed by atoms with van der Waals surface area (Å²) in [4.78, 5) is 9.16. The summed E-state index contributed by atoms with van der Waals surface area (Å²) in [5.74, 6) is 1.86. The van der Waals surface area contributed by atoms with Gasteiger partial charge in [0, 0.05) is 36.2 Å². The first-order valence-electron chi connectivity index (χ1n) is 7.81. The van der Waals surface area contributed by atoms with Crippen LogP contribution in [0.1, 0.15) is 48.7 Å². The summed E-state index contributed by atoms with van der Waals surface area (Å²) in [5.41, 5.74) is 3.11. The van der Waals surface area contributed by atoms with Crippen LogP contribution in [-0.4, -0.2) is 33.4 Å². The lowest BCUT2D eigenvalue weighted by atomic mass is 9.85. The average Bonchev–Trinajstić information content (AvgIpc) is 2.92. The van der Waals surface area contributed by atoms with Gasteiger partial charge in [-0.05, 0) is 45.6 Å². The van der Waals surface area contributed by atoms with Gasteiger partial charge in [-0.3, -0.25) is 5.10 Å². The first kappa shape index (κ1) is 15.0. The third-order valence-corrected chi connectivity index (χ3v) is 4.25. The highest BCUT2D eigenvalue weighted by Crippen LogP contribution is 2.33. The van der Waals surface area contributed by atoms with E-state index in [0.717, 1.165) is 48.6 Å². The first-order valence-corrected chi connectivity index (χ1v) is 7.81. The minimum atomic E-state index is 0.406. The summed E-state index contributed by atoms with van der Waals surface area (Å²) in [6.45, 7) is 3.97. The molecule has 2 N–H and O–H groups in total. The van der Waals surface area contributed by atoms with E-state index in [-0.39, 0.29) is 0 Å². The first-order chi connectivity index (χ1) is 10.6. The van der Waals surface area contributed by atoms with Crippen molar-refractivity contribution < 1.29 is 4.74 Å².